The van der Waals surface area contributed by atoms with Gasteiger partial charge < -0.3 is 10.2 Å². The minimum Gasteiger partial charge on any atom is -0.350 e. The Labute approximate surface area is 165 Å². The van der Waals surface area contributed by atoms with Crippen LogP contribution in [-0.2, 0) is 16.4 Å². The van der Waals surface area contributed by atoms with Gasteiger partial charge in [0.15, 0.2) is 0 Å². The number of benzene rings is 2. The number of piperazine rings is 1. The summed E-state index contributed by atoms with van der Waals surface area (Å²) in [6, 6.07) is 11.6. The lowest BCUT2D eigenvalue weighted by molar-refractivity contribution is -0.384. The Bertz CT molecular complexity index is 970. The van der Waals surface area contributed by atoms with Crippen molar-refractivity contribution in [2.45, 2.75) is 18.2 Å². The lowest BCUT2D eigenvalue weighted by Gasteiger charge is -2.31. The summed E-state index contributed by atoms with van der Waals surface area (Å²) in [6.45, 7) is 4.04. The first kappa shape index (κ1) is 20.2. The van der Waals surface area contributed by atoms with Gasteiger partial charge in [-0.1, -0.05) is 19.1 Å². The monoisotopic (exact) mass is 404 g/mol. The van der Waals surface area contributed by atoms with E-state index in [1.54, 1.807) is 0 Å². The molecule has 28 heavy (non-hydrogen) atoms. The quantitative estimate of drug-likeness (QED) is 0.588. The Morgan fingerprint density at radius 3 is 2.46 bits per heavy atom. The van der Waals surface area contributed by atoms with E-state index in [1.165, 1.54) is 16.4 Å². The fourth-order valence-corrected chi connectivity index (χ4v) is 4.57. The molecule has 1 N–H and O–H groups in total. The maximum atomic E-state index is 12.9. The zero-order chi connectivity index (χ0) is 20.3. The molecule has 0 amide bonds. The first-order valence-corrected chi connectivity index (χ1v) is 10.6. The van der Waals surface area contributed by atoms with Gasteiger partial charge in [-0.3, -0.25) is 10.1 Å². The summed E-state index contributed by atoms with van der Waals surface area (Å²) >= 11 is 0. The van der Waals surface area contributed by atoms with Gasteiger partial charge in [-0.05, 0) is 43.3 Å². The smallest absolute Gasteiger partial charge is 0.294 e. The first-order valence-electron chi connectivity index (χ1n) is 9.14. The van der Waals surface area contributed by atoms with E-state index < -0.39 is 14.9 Å². The average molecular weight is 404 g/mol. The number of nitro groups is 1. The molecule has 0 radical (unpaired) electrons. The van der Waals surface area contributed by atoms with Crippen LogP contribution >= 0.6 is 0 Å². The summed E-state index contributed by atoms with van der Waals surface area (Å²) < 4.78 is 27.2. The van der Waals surface area contributed by atoms with Gasteiger partial charge in [-0.25, -0.2) is 8.42 Å². The molecule has 2 aromatic carbocycles. The van der Waals surface area contributed by atoms with Crippen molar-refractivity contribution in [2.75, 3.05) is 38.5 Å². The highest BCUT2D eigenvalue weighted by Gasteiger charge is 2.29. The predicted molar refractivity (Wildman–Crippen MR) is 108 cm³/mol. The second-order valence-corrected chi connectivity index (χ2v) is 8.76. The lowest BCUT2D eigenvalue weighted by Crippen LogP contribution is -2.47. The van der Waals surface area contributed by atoms with Crippen LogP contribution in [0.5, 0.6) is 0 Å². The second kappa shape index (κ2) is 8.26. The fourth-order valence-electron chi connectivity index (χ4n) is 3.13. The van der Waals surface area contributed by atoms with Crippen molar-refractivity contribution in [1.29, 1.82) is 0 Å². The van der Waals surface area contributed by atoms with Gasteiger partial charge in [-0.15, -0.1) is 0 Å². The molecule has 0 aliphatic carbocycles. The number of sulfonamides is 1. The van der Waals surface area contributed by atoms with Crippen molar-refractivity contribution in [3.8, 4) is 0 Å². The number of nitrogens with one attached hydrogen (secondary N) is 1. The summed E-state index contributed by atoms with van der Waals surface area (Å²) in [5.74, 6) is 0. The van der Waals surface area contributed by atoms with Crippen LogP contribution in [0.15, 0.2) is 47.4 Å². The molecule has 1 aliphatic rings. The molecule has 1 heterocycles. The highest BCUT2D eigenvalue weighted by atomic mass is 32.2. The topological polar surface area (TPSA) is 95.8 Å². The molecule has 0 bridgehead atoms. The van der Waals surface area contributed by atoms with Gasteiger partial charge in [0, 0.05) is 37.9 Å². The maximum Gasteiger partial charge on any atom is 0.294 e. The zero-order valence-electron chi connectivity index (χ0n) is 16.0. The predicted octanol–water partition coefficient (Wildman–Crippen LogP) is 2.84. The van der Waals surface area contributed by atoms with Crippen molar-refractivity contribution in [3.63, 3.8) is 0 Å². The van der Waals surface area contributed by atoms with Gasteiger partial charge in [-0.2, -0.15) is 4.31 Å². The van der Waals surface area contributed by atoms with E-state index in [1.807, 2.05) is 43.1 Å². The second-order valence-electron chi connectivity index (χ2n) is 6.82. The Morgan fingerprint density at radius 1 is 1.11 bits per heavy atom. The molecule has 8 nitrogen and oxygen atoms in total. The molecule has 0 atom stereocenters. The molecular weight excluding hydrogens is 380 g/mol. The molecule has 3 rings (SSSR count). The van der Waals surface area contributed by atoms with E-state index in [9.17, 15) is 18.5 Å². The molecule has 1 aliphatic heterocycles. The van der Waals surface area contributed by atoms with Gasteiger partial charge in [0.2, 0.25) is 10.0 Å². The van der Waals surface area contributed by atoms with Crippen molar-refractivity contribution < 1.29 is 13.3 Å². The summed E-state index contributed by atoms with van der Waals surface area (Å²) in [6.07, 6.45) is 0.847. The highest BCUT2D eigenvalue weighted by Crippen LogP contribution is 2.31. The molecule has 1 fully saturated rings. The Hall–Kier alpha value is -2.49. The number of hydrogen-bond donors (Lipinski definition) is 1. The van der Waals surface area contributed by atoms with E-state index in [0.717, 1.165) is 23.7 Å². The summed E-state index contributed by atoms with van der Waals surface area (Å²) in [7, 11) is -1.83. The van der Waals surface area contributed by atoms with Crippen LogP contribution in [0.25, 0.3) is 0 Å². The third-order valence-corrected chi connectivity index (χ3v) is 6.77. The van der Waals surface area contributed by atoms with Crippen LogP contribution < -0.4 is 5.32 Å². The maximum absolute atomic E-state index is 12.9. The number of likely N-dealkylation sites (N-methyl/N-ethyl adjacent to an activating group) is 1. The van der Waals surface area contributed by atoms with Gasteiger partial charge in [0.05, 0.1) is 9.82 Å². The van der Waals surface area contributed by atoms with Crippen molar-refractivity contribution in [3.05, 3.63) is 58.1 Å². The molecule has 1 saturated heterocycles. The van der Waals surface area contributed by atoms with Crippen LogP contribution in [0.4, 0.5) is 17.1 Å². The van der Waals surface area contributed by atoms with Crippen molar-refractivity contribution in [2.24, 2.45) is 0 Å². The molecular formula is C19H24N4O4S. The molecule has 0 saturated carbocycles. The molecule has 150 valence electrons. The van der Waals surface area contributed by atoms with Gasteiger partial charge in [0.25, 0.3) is 5.69 Å². The Balaban J connectivity index is 1.91. The van der Waals surface area contributed by atoms with E-state index in [0.29, 0.717) is 26.2 Å². The van der Waals surface area contributed by atoms with Crippen LogP contribution in [-0.4, -0.2) is 55.8 Å². The number of nitrogens with zero attached hydrogens (tertiary/aromatic N) is 3. The number of hydrogen-bond acceptors (Lipinski definition) is 6. The van der Waals surface area contributed by atoms with Gasteiger partial charge in [0.1, 0.15) is 5.69 Å². The largest absolute Gasteiger partial charge is 0.350 e. The number of anilines is 2. The van der Waals surface area contributed by atoms with E-state index >= 15 is 0 Å². The molecule has 9 heteroatoms. The van der Waals surface area contributed by atoms with E-state index in [-0.39, 0.29) is 16.3 Å². The molecule has 0 aromatic heterocycles. The van der Waals surface area contributed by atoms with Gasteiger partial charge >= 0.3 is 0 Å². The number of nitro benzene ring substituents is 1. The normalized spacial score (nSPS) is 16.1. The average Bonchev–Trinajstić information content (AvgIpc) is 2.68. The Morgan fingerprint density at radius 2 is 1.82 bits per heavy atom. The minimum atomic E-state index is -3.77. The molecule has 2 aromatic rings. The number of rotatable bonds is 6. The zero-order valence-corrected chi connectivity index (χ0v) is 16.8. The van der Waals surface area contributed by atoms with E-state index in [4.69, 9.17) is 0 Å². The third-order valence-electron chi connectivity index (χ3n) is 4.88. The van der Waals surface area contributed by atoms with Crippen molar-refractivity contribution in [1.82, 2.24) is 9.21 Å². The lowest BCUT2D eigenvalue weighted by atomic mass is 10.1. The summed E-state index contributed by atoms with van der Waals surface area (Å²) in [5, 5.41) is 14.6. The van der Waals surface area contributed by atoms with Crippen LogP contribution in [0, 0.1) is 10.1 Å². The van der Waals surface area contributed by atoms with E-state index in [2.05, 4.69) is 5.32 Å². The summed E-state index contributed by atoms with van der Waals surface area (Å²) in [5.41, 5.74) is 1.81. The fraction of sp³-hybridized carbons (Fsp3) is 0.368. The minimum absolute atomic E-state index is 0.0587. The van der Waals surface area contributed by atoms with Crippen LogP contribution in [0.2, 0.25) is 0 Å². The summed E-state index contributed by atoms with van der Waals surface area (Å²) in [4.78, 5) is 13.0. The third kappa shape index (κ3) is 4.32. The SMILES string of the molecule is CCc1cccc(Nc2ccc(S(=O)(=O)N3CCN(C)CC3)cc2[N+](=O)[O-])c1. The molecule has 0 unspecified atom stereocenters. The Kier molecular flexibility index (Phi) is 5.97. The van der Waals surface area contributed by atoms with Crippen LogP contribution in [0.3, 0.4) is 0 Å². The highest BCUT2D eigenvalue weighted by molar-refractivity contribution is 7.89. The first-order chi connectivity index (χ1) is 13.3. The number of aryl methyl sites for hydroxylation is 1. The van der Waals surface area contributed by atoms with Crippen molar-refractivity contribution >= 4 is 27.1 Å². The van der Waals surface area contributed by atoms with Crippen LogP contribution in [0.1, 0.15) is 12.5 Å². The molecule has 0 spiro atoms. The standard InChI is InChI=1S/C19H24N4O4S/c1-3-15-5-4-6-16(13-15)20-18-8-7-17(14-19(18)23(24)25)28(26,27)22-11-9-21(2)10-12-22/h4-8,13-14,20H,3,9-12H2,1-2H3.